The topological polar surface area (TPSA) is 55.4 Å². The van der Waals surface area contributed by atoms with E-state index in [1.807, 2.05) is 19.1 Å². The summed E-state index contributed by atoms with van der Waals surface area (Å²) < 4.78 is 4.93. The van der Waals surface area contributed by atoms with E-state index in [-0.39, 0.29) is 17.1 Å². The van der Waals surface area contributed by atoms with E-state index in [0.717, 1.165) is 24.2 Å². The van der Waals surface area contributed by atoms with Crippen LogP contribution in [0.4, 0.5) is 0 Å². The third-order valence-corrected chi connectivity index (χ3v) is 5.51. The average Bonchev–Trinajstić information content (AvgIpc) is 2.56. The highest BCUT2D eigenvalue weighted by Gasteiger charge is 2.42. The van der Waals surface area contributed by atoms with E-state index in [0.29, 0.717) is 17.9 Å². The predicted octanol–water partition coefficient (Wildman–Crippen LogP) is 3.81. The van der Waals surface area contributed by atoms with Gasteiger partial charge >= 0.3 is 5.97 Å². The van der Waals surface area contributed by atoms with Crippen LogP contribution in [0, 0.1) is 0 Å². The molecule has 0 spiro atoms. The van der Waals surface area contributed by atoms with Crippen molar-refractivity contribution in [2.75, 3.05) is 7.11 Å². The predicted molar refractivity (Wildman–Crippen MR) is 92.7 cm³/mol. The third-order valence-electron chi connectivity index (χ3n) is 4.14. The molecule has 1 aromatic rings. The van der Waals surface area contributed by atoms with Crippen LogP contribution in [0.2, 0.25) is 5.02 Å². The minimum absolute atomic E-state index is 0.141. The van der Waals surface area contributed by atoms with Crippen LogP contribution >= 0.6 is 23.4 Å². The van der Waals surface area contributed by atoms with Crippen LogP contribution in [0.3, 0.4) is 0 Å². The molecule has 126 valence electrons. The highest BCUT2D eigenvalue weighted by Crippen LogP contribution is 2.31. The summed E-state index contributed by atoms with van der Waals surface area (Å²) in [5, 5.41) is 3.31. The molecule has 0 aromatic heterocycles. The van der Waals surface area contributed by atoms with Crippen LogP contribution in [0.1, 0.15) is 39.0 Å². The lowest BCUT2D eigenvalue weighted by Crippen LogP contribution is -2.57. The molecule has 23 heavy (non-hydrogen) atoms. The average molecular weight is 356 g/mol. The van der Waals surface area contributed by atoms with E-state index in [9.17, 15) is 9.59 Å². The van der Waals surface area contributed by atoms with Gasteiger partial charge in [-0.3, -0.25) is 4.79 Å². The van der Waals surface area contributed by atoms with Crippen molar-refractivity contribution in [1.82, 2.24) is 5.32 Å². The van der Waals surface area contributed by atoms with Gasteiger partial charge in [-0.25, -0.2) is 4.79 Å². The minimum atomic E-state index is -0.862. The Morgan fingerprint density at radius 1 is 1.22 bits per heavy atom. The van der Waals surface area contributed by atoms with Gasteiger partial charge in [-0.15, -0.1) is 11.8 Å². The third kappa shape index (κ3) is 4.64. The first-order valence-electron chi connectivity index (χ1n) is 7.79. The molecule has 0 aliphatic heterocycles. The monoisotopic (exact) mass is 355 g/mol. The summed E-state index contributed by atoms with van der Waals surface area (Å²) in [6, 6.07) is 7.36. The van der Waals surface area contributed by atoms with E-state index in [2.05, 4.69) is 5.32 Å². The number of amides is 1. The van der Waals surface area contributed by atoms with Crippen LogP contribution in [0.15, 0.2) is 29.2 Å². The van der Waals surface area contributed by atoms with E-state index >= 15 is 0 Å². The van der Waals surface area contributed by atoms with E-state index < -0.39 is 5.54 Å². The summed E-state index contributed by atoms with van der Waals surface area (Å²) in [6.07, 6.45) is 4.22. The molecule has 6 heteroatoms. The summed E-state index contributed by atoms with van der Waals surface area (Å²) in [6.45, 7) is 1.84. The number of nitrogens with one attached hydrogen (secondary N) is 1. The van der Waals surface area contributed by atoms with Crippen molar-refractivity contribution in [2.45, 2.75) is 54.7 Å². The second-order valence-electron chi connectivity index (χ2n) is 5.84. The number of hydrogen-bond donors (Lipinski definition) is 1. The molecule has 2 rings (SSSR count). The van der Waals surface area contributed by atoms with Crippen molar-refractivity contribution in [3.05, 3.63) is 29.3 Å². The molecule has 0 unspecified atom stereocenters. The molecule has 1 atom stereocenters. The maximum atomic E-state index is 12.5. The fourth-order valence-electron chi connectivity index (χ4n) is 2.84. The Labute approximate surface area is 146 Å². The minimum Gasteiger partial charge on any atom is -0.467 e. The molecule has 1 fully saturated rings. The fourth-order valence-corrected chi connectivity index (χ4v) is 3.83. The molecular formula is C17H22ClNO3S. The van der Waals surface area contributed by atoms with Gasteiger partial charge in [0.25, 0.3) is 0 Å². The van der Waals surface area contributed by atoms with Gasteiger partial charge in [0.05, 0.1) is 12.4 Å². The molecule has 0 radical (unpaired) electrons. The number of esters is 1. The quantitative estimate of drug-likeness (QED) is 0.644. The highest BCUT2D eigenvalue weighted by molar-refractivity contribution is 8.00. The first-order valence-corrected chi connectivity index (χ1v) is 9.05. The number of benzene rings is 1. The summed E-state index contributed by atoms with van der Waals surface area (Å²) >= 11 is 7.31. The van der Waals surface area contributed by atoms with E-state index in [1.54, 1.807) is 12.1 Å². The molecule has 1 amide bonds. The maximum absolute atomic E-state index is 12.5. The lowest BCUT2D eigenvalue weighted by atomic mass is 9.81. The molecule has 1 saturated carbocycles. The molecule has 0 bridgehead atoms. The molecular weight excluding hydrogens is 334 g/mol. The number of thioether (sulfide) groups is 1. The number of carbonyl (C=O) groups excluding carboxylic acids is 2. The van der Waals surface area contributed by atoms with E-state index in [4.69, 9.17) is 16.3 Å². The van der Waals surface area contributed by atoms with Gasteiger partial charge in [-0.2, -0.15) is 0 Å². The Hall–Kier alpha value is -1.20. The van der Waals surface area contributed by atoms with Gasteiger partial charge in [0.15, 0.2) is 0 Å². The zero-order valence-electron chi connectivity index (χ0n) is 13.4. The maximum Gasteiger partial charge on any atom is 0.331 e. The van der Waals surface area contributed by atoms with Crippen LogP contribution in [0.25, 0.3) is 0 Å². The number of carbonyl (C=O) groups is 2. The standard InChI is InChI=1S/C17H22ClNO3S/c1-12(23-14-8-6-13(18)7-9-14)15(20)19-17(16(21)22-2)10-4-3-5-11-17/h6-9,12H,3-5,10-11H2,1-2H3,(H,19,20)/t12-/m0/s1. The smallest absolute Gasteiger partial charge is 0.331 e. The molecule has 0 saturated heterocycles. The number of hydrogen-bond acceptors (Lipinski definition) is 4. The number of ether oxygens (including phenoxy) is 1. The van der Waals surface area contributed by atoms with Crippen molar-refractivity contribution < 1.29 is 14.3 Å². The second-order valence-corrected chi connectivity index (χ2v) is 7.69. The van der Waals surface area contributed by atoms with Crippen LogP contribution in [0.5, 0.6) is 0 Å². The van der Waals surface area contributed by atoms with Gasteiger partial charge in [-0.05, 0) is 44.0 Å². The van der Waals surface area contributed by atoms with Gasteiger partial charge < -0.3 is 10.1 Å². The van der Waals surface area contributed by atoms with Crippen molar-refractivity contribution in [2.24, 2.45) is 0 Å². The van der Waals surface area contributed by atoms with E-state index in [1.165, 1.54) is 18.9 Å². The zero-order chi connectivity index (χ0) is 16.9. The SMILES string of the molecule is COC(=O)C1(NC(=O)[C@H](C)Sc2ccc(Cl)cc2)CCCCC1. The molecule has 0 heterocycles. The molecule has 1 aromatic carbocycles. The summed E-state index contributed by atoms with van der Waals surface area (Å²) in [4.78, 5) is 25.7. The van der Waals surface area contributed by atoms with Gasteiger partial charge in [-0.1, -0.05) is 30.9 Å². The summed E-state index contributed by atoms with van der Waals surface area (Å²) in [7, 11) is 1.37. The Morgan fingerprint density at radius 3 is 2.39 bits per heavy atom. The Kier molecular flexibility index (Phi) is 6.36. The fraction of sp³-hybridized carbons (Fsp3) is 0.529. The van der Waals surface area contributed by atoms with Crippen molar-refractivity contribution in [3.8, 4) is 0 Å². The Morgan fingerprint density at radius 2 is 1.83 bits per heavy atom. The lowest BCUT2D eigenvalue weighted by molar-refractivity contribution is -0.152. The highest BCUT2D eigenvalue weighted by atomic mass is 35.5. The molecule has 1 N–H and O–H groups in total. The second kappa shape index (κ2) is 8.06. The largest absolute Gasteiger partial charge is 0.467 e. The molecule has 1 aliphatic carbocycles. The lowest BCUT2D eigenvalue weighted by Gasteiger charge is -2.35. The first-order chi connectivity index (χ1) is 11.0. The number of rotatable bonds is 5. The Bertz CT molecular complexity index is 555. The van der Waals surface area contributed by atoms with Gasteiger partial charge in [0.1, 0.15) is 5.54 Å². The van der Waals surface area contributed by atoms with Crippen LogP contribution in [-0.2, 0) is 14.3 Å². The molecule has 1 aliphatic rings. The first kappa shape index (κ1) is 18.1. The summed E-state index contributed by atoms with van der Waals surface area (Å²) in [5.74, 6) is -0.480. The number of halogens is 1. The summed E-state index contributed by atoms with van der Waals surface area (Å²) in [5.41, 5.74) is -0.862. The zero-order valence-corrected chi connectivity index (χ0v) is 15.0. The van der Waals surface area contributed by atoms with Crippen molar-refractivity contribution >= 4 is 35.2 Å². The van der Waals surface area contributed by atoms with Crippen LogP contribution < -0.4 is 5.32 Å². The van der Waals surface area contributed by atoms with Crippen molar-refractivity contribution in [3.63, 3.8) is 0 Å². The molecule has 4 nitrogen and oxygen atoms in total. The Balaban J connectivity index is 2.02. The number of methoxy groups -OCH3 is 1. The van der Waals surface area contributed by atoms with Crippen molar-refractivity contribution in [1.29, 1.82) is 0 Å². The van der Waals surface area contributed by atoms with Gasteiger partial charge in [0, 0.05) is 9.92 Å². The normalized spacial score (nSPS) is 18.0. The van der Waals surface area contributed by atoms with Gasteiger partial charge in [0.2, 0.25) is 5.91 Å². The van der Waals surface area contributed by atoms with Crippen LogP contribution in [-0.4, -0.2) is 29.8 Å².